The molecule has 0 aromatic heterocycles. The van der Waals surface area contributed by atoms with E-state index < -0.39 is 24.1 Å². The molecule has 0 saturated heterocycles. The van der Waals surface area contributed by atoms with Gasteiger partial charge in [0.2, 0.25) is 0 Å². The number of fused-ring (bicyclic) bond motifs is 1. The van der Waals surface area contributed by atoms with Gasteiger partial charge in [0.05, 0.1) is 11.1 Å². The Kier molecular flexibility index (Phi) is 8.33. The second-order valence-corrected chi connectivity index (χ2v) is 12.9. The van der Waals surface area contributed by atoms with Gasteiger partial charge in [0, 0.05) is 21.3 Å². The van der Waals surface area contributed by atoms with Gasteiger partial charge in [-0.05, 0) is 103 Å². The standard InChI is InChI=1S/C33H30I2O4/c1-20-12-10-17-24(34)26(20)27-28-25(35)18-11-19-33(28,3)21(2)29(38-31(36)22-13-6-4-7-14-22)30(27)39-32(37)23-15-8-5-9-16-23/h4-19,21,27-30H,1-3H3. The zero-order valence-electron chi connectivity index (χ0n) is 22.0. The predicted molar refractivity (Wildman–Crippen MR) is 170 cm³/mol. The Morgan fingerprint density at radius 1 is 0.795 bits per heavy atom. The van der Waals surface area contributed by atoms with Crippen LogP contribution in [0, 0.1) is 27.7 Å². The van der Waals surface area contributed by atoms with E-state index in [9.17, 15) is 9.59 Å². The Hall–Kier alpha value is -2.46. The van der Waals surface area contributed by atoms with Crippen molar-refractivity contribution in [2.45, 2.75) is 38.9 Å². The number of benzene rings is 3. The van der Waals surface area contributed by atoms with Gasteiger partial charge in [-0.15, -0.1) is 0 Å². The van der Waals surface area contributed by atoms with Gasteiger partial charge < -0.3 is 9.47 Å². The van der Waals surface area contributed by atoms with Crippen molar-refractivity contribution in [3.63, 3.8) is 0 Å². The quantitative estimate of drug-likeness (QED) is 0.195. The van der Waals surface area contributed by atoms with Crippen molar-refractivity contribution in [3.8, 4) is 0 Å². The molecule has 2 aliphatic carbocycles. The molecule has 3 aromatic rings. The van der Waals surface area contributed by atoms with Crippen LogP contribution in [0.1, 0.15) is 51.6 Å². The molecule has 0 amide bonds. The van der Waals surface area contributed by atoms with E-state index in [4.69, 9.17) is 9.47 Å². The SMILES string of the molecule is Cc1cccc(I)c1C1C(OC(=O)c2ccccc2)C(OC(=O)c2ccccc2)C(C)C2(C)C=CC=C(I)C12. The summed E-state index contributed by atoms with van der Waals surface area (Å²) in [5.74, 6) is -1.16. The van der Waals surface area contributed by atoms with E-state index in [0.29, 0.717) is 11.1 Å². The van der Waals surface area contributed by atoms with Crippen LogP contribution < -0.4 is 0 Å². The average molecular weight is 744 g/mol. The Bertz CT molecular complexity index is 1410. The largest absolute Gasteiger partial charge is 0.454 e. The monoisotopic (exact) mass is 744 g/mol. The van der Waals surface area contributed by atoms with Gasteiger partial charge >= 0.3 is 11.9 Å². The smallest absolute Gasteiger partial charge is 0.338 e. The van der Waals surface area contributed by atoms with E-state index in [1.165, 1.54) is 3.58 Å². The zero-order chi connectivity index (χ0) is 27.7. The van der Waals surface area contributed by atoms with Gasteiger partial charge in [0.15, 0.2) is 0 Å². The Labute approximate surface area is 257 Å². The maximum atomic E-state index is 13.6. The molecule has 200 valence electrons. The summed E-state index contributed by atoms with van der Waals surface area (Å²) < 4.78 is 15.1. The number of allylic oxidation sites excluding steroid dienone is 4. The number of halogens is 2. The Balaban J connectivity index is 1.68. The van der Waals surface area contributed by atoms with E-state index in [-0.39, 0.29) is 23.2 Å². The van der Waals surface area contributed by atoms with Crippen molar-refractivity contribution in [1.82, 2.24) is 0 Å². The molecule has 0 heterocycles. The summed E-state index contributed by atoms with van der Waals surface area (Å²) in [5, 5.41) is 0. The van der Waals surface area contributed by atoms with Crippen LogP contribution in [-0.4, -0.2) is 24.1 Å². The summed E-state index contributed by atoms with van der Waals surface area (Å²) >= 11 is 4.81. The molecular formula is C33H30I2O4. The molecule has 6 unspecified atom stereocenters. The highest BCUT2D eigenvalue weighted by atomic mass is 127. The molecule has 0 bridgehead atoms. The topological polar surface area (TPSA) is 52.6 Å². The first kappa shape index (κ1) is 28.1. The number of carbonyl (C=O) groups is 2. The molecule has 2 aliphatic rings. The molecule has 5 rings (SSSR count). The van der Waals surface area contributed by atoms with Crippen molar-refractivity contribution in [1.29, 1.82) is 0 Å². The number of carbonyl (C=O) groups excluding carboxylic acids is 2. The molecule has 0 spiro atoms. The molecule has 6 atom stereocenters. The molecule has 0 N–H and O–H groups in total. The first-order valence-electron chi connectivity index (χ1n) is 13.0. The maximum absolute atomic E-state index is 13.6. The van der Waals surface area contributed by atoms with E-state index in [2.05, 4.69) is 96.3 Å². The summed E-state index contributed by atoms with van der Waals surface area (Å²) in [4.78, 5) is 27.1. The molecule has 39 heavy (non-hydrogen) atoms. The number of hydrogen-bond acceptors (Lipinski definition) is 4. The van der Waals surface area contributed by atoms with Gasteiger partial charge in [0.25, 0.3) is 0 Å². The van der Waals surface area contributed by atoms with Gasteiger partial charge in [-0.3, -0.25) is 0 Å². The highest BCUT2D eigenvalue weighted by Gasteiger charge is 2.59. The third-order valence-electron chi connectivity index (χ3n) is 8.30. The molecule has 1 fully saturated rings. The van der Waals surface area contributed by atoms with E-state index in [1.807, 2.05) is 42.5 Å². The normalized spacial score (nSPS) is 27.7. The summed E-state index contributed by atoms with van der Waals surface area (Å²) in [7, 11) is 0. The molecule has 0 radical (unpaired) electrons. The van der Waals surface area contributed by atoms with E-state index in [1.54, 1.807) is 24.3 Å². The van der Waals surface area contributed by atoms with Gasteiger partial charge in [-0.25, -0.2) is 9.59 Å². The minimum absolute atomic E-state index is 0.0352. The lowest BCUT2D eigenvalue weighted by Crippen LogP contribution is -2.58. The molecule has 1 saturated carbocycles. The van der Waals surface area contributed by atoms with Gasteiger partial charge in [-0.1, -0.05) is 80.6 Å². The summed E-state index contributed by atoms with van der Waals surface area (Å²) in [6.45, 7) is 6.45. The van der Waals surface area contributed by atoms with Crippen molar-refractivity contribution in [2.24, 2.45) is 17.3 Å². The van der Waals surface area contributed by atoms with E-state index in [0.717, 1.165) is 14.7 Å². The highest BCUT2D eigenvalue weighted by Crippen LogP contribution is 2.60. The summed E-state index contributed by atoms with van der Waals surface area (Å²) in [6.07, 6.45) is 5.11. The van der Waals surface area contributed by atoms with Crippen LogP contribution in [0.3, 0.4) is 0 Å². The van der Waals surface area contributed by atoms with Crippen LogP contribution >= 0.6 is 45.2 Å². The van der Waals surface area contributed by atoms with Gasteiger partial charge in [-0.2, -0.15) is 0 Å². The van der Waals surface area contributed by atoms with Gasteiger partial charge in [0.1, 0.15) is 12.2 Å². The second-order valence-electron chi connectivity index (χ2n) is 10.5. The van der Waals surface area contributed by atoms with Crippen molar-refractivity contribution in [2.75, 3.05) is 0 Å². The molecular weight excluding hydrogens is 714 g/mol. The van der Waals surface area contributed by atoms with Crippen LogP contribution in [0.25, 0.3) is 0 Å². The number of rotatable bonds is 5. The van der Waals surface area contributed by atoms with Crippen molar-refractivity contribution >= 4 is 57.1 Å². The Morgan fingerprint density at radius 3 is 1.92 bits per heavy atom. The van der Waals surface area contributed by atoms with Crippen LogP contribution in [0.5, 0.6) is 0 Å². The maximum Gasteiger partial charge on any atom is 0.338 e. The van der Waals surface area contributed by atoms with Crippen LogP contribution in [0.2, 0.25) is 0 Å². The summed E-state index contributed by atoms with van der Waals surface area (Å²) in [6, 6.07) is 24.3. The molecule has 4 nitrogen and oxygen atoms in total. The third-order valence-corrected chi connectivity index (χ3v) is 10.3. The highest BCUT2D eigenvalue weighted by molar-refractivity contribution is 14.1. The number of aryl methyl sites for hydroxylation is 1. The van der Waals surface area contributed by atoms with Crippen LogP contribution in [-0.2, 0) is 9.47 Å². The van der Waals surface area contributed by atoms with Crippen molar-refractivity contribution < 1.29 is 19.1 Å². The number of ether oxygens (including phenoxy) is 2. The first-order valence-corrected chi connectivity index (χ1v) is 15.2. The van der Waals surface area contributed by atoms with Crippen LogP contribution in [0.15, 0.2) is 101 Å². The molecule has 3 aromatic carbocycles. The minimum atomic E-state index is -0.697. The molecule has 0 aliphatic heterocycles. The van der Waals surface area contributed by atoms with Crippen LogP contribution in [0.4, 0.5) is 0 Å². The minimum Gasteiger partial charge on any atom is -0.454 e. The fourth-order valence-electron chi connectivity index (χ4n) is 6.12. The van der Waals surface area contributed by atoms with E-state index >= 15 is 0 Å². The zero-order valence-corrected chi connectivity index (χ0v) is 26.3. The second kappa shape index (κ2) is 11.6. The number of hydrogen-bond donors (Lipinski definition) is 0. The fourth-order valence-corrected chi connectivity index (χ4v) is 8.38. The lowest BCUT2D eigenvalue weighted by Gasteiger charge is -2.56. The average Bonchev–Trinajstić information content (AvgIpc) is 2.93. The van der Waals surface area contributed by atoms with Crippen molar-refractivity contribution in [3.05, 3.63) is 126 Å². The third kappa shape index (κ3) is 5.34. The lowest BCUT2D eigenvalue weighted by molar-refractivity contribution is -0.122. The molecule has 6 heteroatoms. The fraction of sp³-hybridized carbons (Fsp3) is 0.273. The lowest BCUT2D eigenvalue weighted by atomic mass is 9.53. The Morgan fingerprint density at radius 2 is 1.36 bits per heavy atom. The number of esters is 2. The first-order chi connectivity index (χ1) is 18.7. The summed E-state index contributed by atoms with van der Waals surface area (Å²) in [5.41, 5.74) is 2.86. The predicted octanol–water partition coefficient (Wildman–Crippen LogP) is 8.30.